The molecule has 2 saturated heterocycles. The van der Waals surface area contributed by atoms with E-state index in [-0.39, 0.29) is 58.7 Å². The Hall–Kier alpha value is -4.79. The van der Waals surface area contributed by atoms with E-state index in [9.17, 15) is 33.1 Å². The number of likely N-dealkylation sites (tertiary alicyclic amines) is 1. The number of nitrogens with one attached hydrogen (secondary N) is 2. The fraction of sp³-hybridized carbons (Fsp3) is 0.586. The summed E-state index contributed by atoms with van der Waals surface area (Å²) in [6.45, 7) is 8.12. The maximum atomic E-state index is 14.9. The van der Waals surface area contributed by atoms with Gasteiger partial charge in [-0.2, -0.15) is 5.10 Å². The second-order valence-corrected chi connectivity index (χ2v) is 23.5. The maximum Gasteiger partial charge on any atom is 0.264 e. The fourth-order valence-corrected chi connectivity index (χ4v) is 12.9. The van der Waals surface area contributed by atoms with Crippen molar-refractivity contribution in [3.8, 4) is 10.4 Å². The van der Waals surface area contributed by atoms with Crippen molar-refractivity contribution >= 4 is 69.5 Å². The molecule has 3 unspecified atom stereocenters. The fourth-order valence-electron chi connectivity index (χ4n) is 11.4. The van der Waals surface area contributed by atoms with Crippen molar-refractivity contribution in [2.75, 3.05) is 64.4 Å². The van der Waals surface area contributed by atoms with E-state index >= 15 is 0 Å². The first-order valence-electron chi connectivity index (χ1n) is 27.7. The number of alkyl halides is 3. The van der Waals surface area contributed by atoms with Crippen LogP contribution in [0.15, 0.2) is 70.4 Å². The Kier molecular flexibility index (Phi) is 20.9. The van der Waals surface area contributed by atoms with E-state index in [0.717, 1.165) is 161 Å². The third kappa shape index (κ3) is 15.1. The summed E-state index contributed by atoms with van der Waals surface area (Å²) in [6, 6.07) is 10.9. The van der Waals surface area contributed by atoms with Crippen molar-refractivity contribution < 1.29 is 37.8 Å². The summed E-state index contributed by atoms with van der Waals surface area (Å²) in [7, 11) is 1.86. The smallest absolute Gasteiger partial charge is 0.264 e. The van der Waals surface area contributed by atoms with Gasteiger partial charge in [0.1, 0.15) is 10.1 Å². The average Bonchev–Trinajstić information content (AvgIpc) is 4.20. The minimum Gasteiger partial charge on any atom is -0.391 e. The highest BCUT2D eigenvalue weighted by molar-refractivity contribution is 14.1. The predicted octanol–water partition coefficient (Wildman–Crippen LogP) is 10.2. The van der Waals surface area contributed by atoms with Gasteiger partial charge < -0.3 is 35.2 Å². The highest BCUT2D eigenvalue weighted by Crippen LogP contribution is 2.40. The number of hydrogen-bond acceptors (Lipinski definition) is 11. The van der Waals surface area contributed by atoms with Gasteiger partial charge in [0, 0.05) is 101 Å². The summed E-state index contributed by atoms with van der Waals surface area (Å²) in [5, 5.41) is 22.8. The number of β-amino-alcohol motifs (C(OH)–C–C–N with tert-alkyl or cyclic N) is 1. The van der Waals surface area contributed by atoms with Gasteiger partial charge in [-0.3, -0.25) is 24.2 Å². The van der Waals surface area contributed by atoms with Crippen LogP contribution in [-0.4, -0.2) is 126 Å². The number of ether oxygens (including phenoxy) is 1. The molecule has 5 aliphatic rings. The van der Waals surface area contributed by atoms with E-state index in [0.29, 0.717) is 24.4 Å². The molecule has 8 rings (SSSR count). The molecule has 5 aliphatic heterocycles. The lowest BCUT2D eigenvalue weighted by atomic mass is 9.87. The molecule has 0 spiro atoms. The van der Waals surface area contributed by atoms with Gasteiger partial charge in [-0.25, -0.2) is 13.8 Å². The van der Waals surface area contributed by atoms with Crippen molar-refractivity contribution in [1.29, 1.82) is 0 Å². The van der Waals surface area contributed by atoms with E-state index in [1.54, 1.807) is 22.3 Å². The Bertz CT molecular complexity index is 2570. The van der Waals surface area contributed by atoms with Gasteiger partial charge in [0.05, 0.1) is 28.7 Å². The summed E-state index contributed by atoms with van der Waals surface area (Å²) < 4.78 is 35.2. The molecule has 1 aromatic heterocycles. The molecule has 76 heavy (non-hydrogen) atoms. The highest BCUT2D eigenvalue weighted by Gasteiger charge is 2.39. The number of likely N-dealkylation sites (N-methyl/N-ethyl adjacent to an activating group) is 1. The molecular weight excluding hydrogens is 1100 g/mol. The largest absolute Gasteiger partial charge is 0.391 e. The number of hydrogen-bond donors (Lipinski definition) is 3. The number of aromatic nitrogens is 1. The molecule has 6 heterocycles. The van der Waals surface area contributed by atoms with Crippen LogP contribution in [0.2, 0.25) is 0 Å². The van der Waals surface area contributed by atoms with Crippen LogP contribution in [0.1, 0.15) is 148 Å². The Balaban J connectivity index is 0.702. The zero-order valence-electron chi connectivity index (χ0n) is 44.5. The summed E-state index contributed by atoms with van der Waals surface area (Å²) in [4.78, 5) is 62.9. The number of aliphatic hydroxyl groups excluding tert-OH is 1. The Morgan fingerprint density at radius 1 is 0.987 bits per heavy atom. The molecule has 412 valence electrons. The zero-order valence-corrected chi connectivity index (χ0v) is 47.5. The number of fused-ring (bicyclic) bond motifs is 1. The van der Waals surface area contributed by atoms with E-state index < -0.39 is 24.5 Å². The molecule has 0 bridgehead atoms. The molecule has 14 nitrogen and oxygen atoms in total. The number of hydrazone groups is 1. The summed E-state index contributed by atoms with van der Waals surface area (Å²) >= 11 is 3.73. The Morgan fingerprint density at radius 3 is 2.45 bits per heavy atom. The molecule has 18 heteroatoms. The van der Waals surface area contributed by atoms with Gasteiger partial charge >= 0.3 is 0 Å². The minimum absolute atomic E-state index is 0.0214. The molecule has 0 aliphatic carbocycles. The molecule has 4 amide bonds. The van der Waals surface area contributed by atoms with Crippen LogP contribution in [0.25, 0.3) is 10.4 Å². The molecule has 2 fully saturated rings. The van der Waals surface area contributed by atoms with Crippen molar-refractivity contribution in [2.24, 2.45) is 16.9 Å². The molecule has 0 radical (unpaired) electrons. The number of carbonyl (C=O) groups is 4. The van der Waals surface area contributed by atoms with Crippen LogP contribution in [0.3, 0.4) is 0 Å². The van der Waals surface area contributed by atoms with Crippen LogP contribution >= 0.6 is 33.9 Å². The lowest BCUT2D eigenvalue weighted by molar-refractivity contribution is -0.138. The van der Waals surface area contributed by atoms with Crippen molar-refractivity contribution in [3.05, 3.63) is 93.3 Å². The third-order valence-electron chi connectivity index (χ3n) is 15.9. The normalized spacial score (nSPS) is 21.6. The second-order valence-electron chi connectivity index (χ2n) is 21.4. The van der Waals surface area contributed by atoms with Crippen LogP contribution in [0, 0.1) is 18.8 Å². The number of anilines is 1. The number of aryl methyl sites for hydroxylation is 2. The van der Waals surface area contributed by atoms with Gasteiger partial charge in [0.15, 0.2) is 0 Å². The molecule has 5 atom stereocenters. The topological polar surface area (TPSA) is 160 Å². The van der Waals surface area contributed by atoms with Gasteiger partial charge in [-0.05, 0) is 98.6 Å². The maximum absolute atomic E-state index is 14.9. The number of rotatable bonds is 24. The van der Waals surface area contributed by atoms with Gasteiger partial charge in [-0.15, -0.1) is 11.3 Å². The third-order valence-corrected chi connectivity index (χ3v) is 17.9. The lowest BCUT2D eigenvalue weighted by Crippen LogP contribution is -2.49. The van der Waals surface area contributed by atoms with Gasteiger partial charge in [0.2, 0.25) is 23.6 Å². The zero-order chi connectivity index (χ0) is 53.7. The molecule has 0 saturated carbocycles. The summed E-state index contributed by atoms with van der Waals surface area (Å²) in [5.74, 6) is -0.651. The number of aliphatic hydroxyl groups is 1. The molecule has 3 N–H and O–H groups in total. The van der Waals surface area contributed by atoms with Crippen molar-refractivity contribution in [2.45, 2.75) is 145 Å². The second kappa shape index (κ2) is 27.7. The number of halogens is 3. The number of benzene rings is 2. The number of carbonyl (C=O) groups excluding carboxylic acids is 4. The number of unbranched alkanes of at least 4 members (excludes halogenated alkanes) is 7. The van der Waals surface area contributed by atoms with E-state index in [4.69, 9.17) is 4.74 Å². The van der Waals surface area contributed by atoms with Crippen LogP contribution < -0.4 is 15.5 Å². The van der Waals surface area contributed by atoms with Crippen LogP contribution in [0.4, 0.5) is 14.5 Å². The SMILES string of the molecule is Cc1ncsc1-c1ccc([C@H](I)NC(=O)[C@@H]2CC(O)CN2C(=O)CNC(=O)CCCCCCCCCCN2CC(c3cc4c(cc3C(F)F)N(CC/C(=C\C3=CCC(C)C(=O)N3C)C3CCOCC3)CCC4)C=N2)cc1. The molecular formula is C58H77F2IN8O6S. The number of amides is 4. The minimum atomic E-state index is -2.59. The number of allylic oxidation sites excluding steroid dienone is 2. The van der Waals surface area contributed by atoms with Crippen LogP contribution in [-0.2, 0) is 30.3 Å². The van der Waals surface area contributed by atoms with Crippen molar-refractivity contribution in [3.63, 3.8) is 0 Å². The van der Waals surface area contributed by atoms with Crippen LogP contribution in [0.5, 0.6) is 0 Å². The summed E-state index contributed by atoms with van der Waals surface area (Å²) in [6.07, 6.45) is 16.4. The monoisotopic (exact) mass is 1180 g/mol. The lowest BCUT2D eigenvalue weighted by Gasteiger charge is -2.35. The summed E-state index contributed by atoms with van der Waals surface area (Å²) in [5.41, 5.74) is 9.84. The van der Waals surface area contributed by atoms with Crippen molar-refractivity contribution in [1.82, 2.24) is 30.4 Å². The first-order valence-corrected chi connectivity index (χ1v) is 29.8. The number of nitrogens with zero attached hydrogens (tertiary/aromatic N) is 6. The number of thiazole rings is 1. The first-order chi connectivity index (χ1) is 36.7. The van der Waals surface area contributed by atoms with E-state index in [1.807, 2.05) is 68.0 Å². The van der Waals surface area contributed by atoms with E-state index in [2.05, 4.69) is 60.4 Å². The highest BCUT2D eigenvalue weighted by atomic mass is 127. The molecule has 2 aromatic carbocycles. The molecule has 3 aromatic rings. The van der Waals surface area contributed by atoms with Gasteiger partial charge in [-0.1, -0.05) is 110 Å². The van der Waals surface area contributed by atoms with E-state index in [1.165, 1.54) is 10.5 Å². The predicted molar refractivity (Wildman–Crippen MR) is 303 cm³/mol. The Morgan fingerprint density at radius 2 is 1.72 bits per heavy atom. The standard InChI is InChI=1S/C58H77F2IN8O6S/c1-38-15-20-46(66(3)58(38)74)29-43(40-22-27-75-28-23-40)21-26-67-24-12-13-44-30-48(49(55(59)60)32-50(44)67)45-33-64-68(35-45)25-11-9-7-5-4-6-8-10-14-52(71)62-34-53(72)69-36-47(70)31-51(69)57(73)65-56(61)42-18-16-41(17-19-42)54-39(2)63-37-76-54/h16-20,29-30,32-33,37-38,40,45,47,51,55-56,70H,4-15,21-28,31,34-36H2,1-3H3,(H,62,71)(H,65,73)/b43-29+/t38?,45?,47?,51-,56+/m0/s1. The quantitative estimate of drug-likeness (QED) is 0.0343. The first kappa shape index (κ1) is 57.4. The van der Waals surface area contributed by atoms with Gasteiger partial charge in [0.25, 0.3) is 6.43 Å². The Labute approximate surface area is 465 Å². The average molecular weight is 1180 g/mol.